The molecule has 0 fully saturated rings. The second-order valence-corrected chi connectivity index (χ2v) is 5.66. The lowest BCUT2D eigenvalue weighted by atomic mass is 9.97. The monoisotopic (exact) mass is 297 g/mol. The molecule has 0 bridgehead atoms. The largest absolute Gasteiger partial charge is 0.490 e. The number of ether oxygens (including phenoxy) is 2. The first-order valence-electron chi connectivity index (χ1n) is 7.03. The third-order valence-corrected chi connectivity index (χ3v) is 3.19. The molecule has 1 rings (SSSR count). The number of benzene rings is 1. The van der Waals surface area contributed by atoms with Gasteiger partial charge in [-0.1, -0.05) is 6.07 Å². The van der Waals surface area contributed by atoms with Gasteiger partial charge in [0.1, 0.15) is 5.54 Å². The molecule has 0 spiro atoms. The van der Waals surface area contributed by atoms with Crippen molar-refractivity contribution in [1.29, 1.82) is 0 Å². The zero-order valence-corrected chi connectivity index (χ0v) is 13.3. The van der Waals surface area contributed by atoms with Crippen molar-refractivity contribution in [2.75, 3.05) is 13.7 Å². The van der Waals surface area contributed by atoms with Gasteiger partial charge in [0.05, 0.1) is 13.7 Å². The molecule has 1 aromatic carbocycles. The predicted octanol–water partition coefficient (Wildman–Crippen LogP) is 2.83. The molecule has 0 amide bonds. The maximum atomic E-state index is 13.6. The fourth-order valence-corrected chi connectivity index (χ4v) is 2.18. The van der Waals surface area contributed by atoms with E-state index < -0.39 is 11.4 Å². The first-order chi connectivity index (χ1) is 9.78. The van der Waals surface area contributed by atoms with E-state index >= 15 is 0 Å². The predicted molar refractivity (Wildman–Crippen MR) is 79.9 cm³/mol. The molecule has 0 saturated heterocycles. The van der Waals surface area contributed by atoms with Gasteiger partial charge in [0, 0.05) is 12.5 Å². The molecule has 0 aromatic heterocycles. The summed E-state index contributed by atoms with van der Waals surface area (Å²) in [4.78, 5) is 11.9. The van der Waals surface area contributed by atoms with E-state index in [1.807, 2.05) is 20.8 Å². The first-order valence-corrected chi connectivity index (χ1v) is 7.03. The highest BCUT2D eigenvalue weighted by Crippen LogP contribution is 2.20. The number of methoxy groups -OCH3 is 1. The van der Waals surface area contributed by atoms with Gasteiger partial charge in [-0.25, -0.2) is 4.39 Å². The Balaban J connectivity index is 2.69. The van der Waals surface area contributed by atoms with Crippen LogP contribution in [0.2, 0.25) is 0 Å². The minimum absolute atomic E-state index is 0.116. The summed E-state index contributed by atoms with van der Waals surface area (Å²) < 4.78 is 23.9. The second kappa shape index (κ2) is 7.41. The van der Waals surface area contributed by atoms with Crippen molar-refractivity contribution in [2.45, 2.75) is 45.7 Å². The van der Waals surface area contributed by atoms with E-state index in [-0.39, 0.29) is 24.4 Å². The average Bonchev–Trinajstić information content (AvgIpc) is 2.40. The molecule has 5 heteroatoms. The zero-order chi connectivity index (χ0) is 16.0. The van der Waals surface area contributed by atoms with Gasteiger partial charge < -0.3 is 9.47 Å². The van der Waals surface area contributed by atoms with Gasteiger partial charge in [-0.15, -0.1) is 0 Å². The van der Waals surface area contributed by atoms with E-state index in [2.05, 4.69) is 5.32 Å². The van der Waals surface area contributed by atoms with E-state index in [1.54, 1.807) is 19.1 Å². The molecule has 1 N–H and O–H groups in total. The highest BCUT2D eigenvalue weighted by Gasteiger charge is 2.34. The topological polar surface area (TPSA) is 47.6 Å². The molecule has 1 unspecified atom stereocenters. The molecule has 0 aliphatic carbocycles. The quantitative estimate of drug-likeness (QED) is 0.786. The van der Waals surface area contributed by atoms with Gasteiger partial charge in [-0.05, 0) is 45.4 Å². The Labute approximate surface area is 125 Å². The summed E-state index contributed by atoms with van der Waals surface area (Å²) in [5.74, 6) is -0.562. The molecular weight excluding hydrogens is 273 g/mol. The molecule has 118 valence electrons. The molecule has 4 nitrogen and oxygen atoms in total. The number of hydrogen-bond acceptors (Lipinski definition) is 4. The molecule has 21 heavy (non-hydrogen) atoms. The van der Waals surface area contributed by atoms with E-state index in [0.29, 0.717) is 6.42 Å². The molecule has 1 atom stereocenters. The highest BCUT2D eigenvalue weighted by atomic mass is 19.1. The molecule has 0 saturated carbocycles. The fraction of sp³-hybridized carbons (Fsp3) is 0.562. The highest BCUT2D eigenvalue weighted by molar-refractivity contribution is 5.80. The maximum Gasteiger partial charge on any atom is 0.325 e. The van der Waals surface area contributed by atoms with Crippen LogP contribution in [0.15, 0.2) is 18.2 Å². The third kappa shape index (κ3) is 5.01. The van der Waals surface area contributed by atoms with Crippen molar-refractivity contribution >= 4 is 5.97 Å². The van der Waals surface area contributed by atoms with Crippen molar-refractivity contribution in [3.05, 3.63) is 29.6 Å². The number of carbonyl (C=O) groups is 1. The Morgan fingerprint density at radius 2 is 2.10 bits per heavy atom. The summed E-state index contributed by atoms with van der Waals surface area (Å²) in [6.07, 6.45) is 0.380. The molecule has 0 heterocycles. The standard InChI is InChI=1S/C16H24FNO3/c1-11(2)18-16(4,15(19)20-5)8-9-21-14-10-12(3)6-7-13(14)17/h6-7,10-11,18H,8-9H2,1-5H3. The SMILES string of the molecule is COC(=O)C(C)(CCOc1cc(C)ccc1F)NC(C)C. The van der Waals surface area contributed by atoms with Crippen LogP contribution in [0, 0.1) is 12.7 Å². The van der Waals surface area contributed by atoms with Gasteiger partial charge >= 0.3 is 5.97 Å². The van der Waals surface area contributed by atoms with Gasteiger partial charge in [-0.2, -0.15) is 0 Å². The first kappa shape index (κ1) is 17.4. The van der Waals surface area contributed by atoms with Crippen LogP contribution >= 0.6 is 0 Å². The summed E-state index contributed by atoms with van der Waals surface area (Å²) in [5.41, 5.74) is 0.0610. The van der Waals surface area contributed by atoms with Gasteiger partial charge in [0.2, 0.25) is 0 Å². The van der Waals surface area contributed by atoms with Gasteiger partial charge in [0.15, 0.2) is 11.6 Å². The van der Waals surface area contributed by atoms with Crippen LogP contribution in [0.25, 0.3) is 0 Å². The van der Waals surface area contributed by atoms with Crippen molar-refractivity contribution in [3.8, 4) is 5.75 Å². The van der Waals surface area contributed by atoms with E-state index in [0.717, 1.165) is 5.56 Å². The molecule has 0 aliphatic rings. The van der Waals surface area contributed by atoms with Crippen LogP contribution in [0.1, 0.15) is 32.8 Å². The van der Waals surface area contributed by atoms with E-state index in [1.165, 1.54) is 13.2 Å². The number of rotatable bonds is 7. The fourth-order valence-electron chi connectivity index (χ4n) is 2.18. The number of esters is 1. The number of hydrogen-bond donors (Lipinski definition) is 1. The van der Waals surface area contributed by atoms with Gasteiger partial charge in [-0.3, -0.25) is 10.1 Å². The molecule has 0 aliphatic heterocycles. The van der Waals surface area contributed by atoms with Crippen LogP contribution < -0.4 is 10.1 Å². The van der Waals surface area contributed by atoms with Crippen LogP contribution in [-0.4, -0.2) is 31.3 Å². The van der Waals surface area contributed by atoms with Gasteiger partial charge in [0.25, 0.3) is 0 Å². The third-order valence-electron chi connectivity index (χ3n) is 3.19. The summed E-state index contributed by atoms with van der Waals surface area (Å²) in [5, 5.41) is 3.17. The number of aryl methyl sites for hydroxylation is 1. The van der Waals surface area contributed by atoms with Crippen molar-refractivity contribution in [3.63, 3.8) is 0 Å². The van der Waals surface area contributed by atoms with Crippen molar-refractivity contribution in [2.24, 2.45) is 0 Å². The minimum atomic E-state index is -0.858. The van der Waals surface area contributed by atoms with Crippen molar-refractivity contribution < 1.29 is 18.7 Å². The van der Waals surface area contributed by atoms with Crippen molar-refractivity contribution in [1.82, 2.24) is 5.32 Å². The normalized spacial score (nSPS) is 13.9. The number of carbonyl (C=O) groups excluding carboxylic acids is 1. The Kier molecular flexibility index (Phi) is 6.15. The lowest BCUT2D eigenvalue weighted by Gasteiger charge is -2.30. The van der Waals surface area contributed by atoms with Crippen LogP contribution in [-0.2, 0) is 9.53 Å². The van der Waals surface area contributed by atoms with E-state index in [9.17, 15) is 9.18 Å². The Morgan fingerprint density at radius 1 is 1.43 bits per heavy atom. The zero-order valence-electron chi connectivity index (χ0n) is 13.3. The minimum Gasteiger partial charge on any atom is -0.490 e. The summed E-state index contributed by atoms with van der Waals surface area (Å²) in [6, 6.07) is 4.81. The van der Waals surface area contributed by atoms with Crippen LogP contribution in [0.3, 0.4) is 0 Å². The smallest absolute Gasteiger partial charge is 0.325 e. The van der Waals surface area contributed by atoms with Crippen LogP contribution in [0.5, 0.6) is 5.75 Å². The lowest BCUT2D eigenvalue weighted by molar-refractivity contribution is -0.148. The molecule has 0 radical (unpaired) electrons. The molecule has 1 aromatic rings. The second-order valence-electron chi connectivity index (χ2n) is 5.66. The maximum absolute atomic E-state index is 13.6. The average molecular weight is 297 g/mol. The van der Waals surface area contributed by atoms with Crippen LogP contribution in [0.4, 0.5) is 4.39 Å². The summed E-state index contributed by atoms with van der Waals surface area (Å²) in [6.45, 7) is 7.73. The number of nitrogens with one attached hydrogen (secondary N) is 1. The summed E-state index contributed by atoms with van der Waals surface area (Å²) >= 11 is 0. The Bertz CT molecular complexity index is 490. The lowest BCUT2D eigenvalue weighted by Crippen LogP contribution is -2.53. The van der Waals surface area contributed by atoms with E-state index in [4.69, 9.17) is 9.47 Å². The summed E-state index contributed by atoms with van der Waals surface area (Å²) in [7, 11) is 1.35. The Morgan fingerprint density at radius 3 is 2.67 bits per heavy atom. The molecular formula is C16H24FNO3. The number of halogens is 1. The Hall–Kier alpha value is -1.62.